The van der Waals surface area contributed by atoms with Gasteiger partial charge in [0.2, 0.25) is 12.0 Å². The zero-order valence-corrected chi connectivity index (χ0v) is 18.6. The summed E-state index contributed by atoms with van der Waals surface area (Å²) in [6, 6.07) is 4.37. The molecule has 0 saturated carbocycles. The molecule has 33 heavy (non-hydrogen) atoms. The zero-order valence-electron chi connectivity index (χ0n) is 18.6. The molecule has 1 fully saturated rings. The lowest BCUT2D eigenvalue weighted by atomic mass is 9.99. The molecule has 0 amide bonds. The van der Waals surface area contributed by atoms with Gasteiger partial charge in [0.25, 0.3) is 0 Å². The van der Waals surface area contributed by atoms with E-state index in [9.17, 15) is 30.3 Å². The maximum atomic E-state index is 12.1. The van der Waals surface area contributed by atoms with Crippen LogP contribution in [-0.2, 0) is 4.74 Å². The lowest BCUT2D eigenvalue weighted by molar-refractivity contribution is -0.277. The first-order valence-electron chi connectivity index (χ1n) is 11.3. The smallest absolute Gasteiger partial charge is 0.382 e. The van der Waals surface area contributed by atoms with Crippen molar-refractivity contribution < 1.29 is 44.2 Å². The molecule has 0 bridgehead atoms. The van der Waals surface area contributed by atoms with Crippen LogP contribution in [0.1, 0.15) is 45.4 Å². The molecule has 184 valence electrons. The number of hydrogen-bond acceptors (Lipinski definition) is 10. The molecular formula is C23H32O10. The number of benzene rings is 1. The Morgan fingerprint density at radius 1 is 1.00 bits per heavy atom. The Hall–Kier alpha value is -2.37. The van der Waals surface area contributed by atoms with E-state index in [-0.39, 0.29) is 17.1 Å². The molecule has 0 aliphatic carbocycles. The molecule has 3 rings (SSSR count). The first kappa shape index (κ1) is 25.3. The average Bonchev–Trinajstić information content (AvgIpc) is 2.81. The van der Waals surface area contributed by atoms with Crippen molar-refractivity contribution in [2.45, 2.75) is 76.2 Å². The van der Waals surface area contributed by atoms with Crippen molar-refractivity contribution in [2.75, 3.05) is 13.2 Å². The molecule has 1 saturated heterocycles. The number of rotatable bonds is 11. The highest BCUT2D eigenvalue weighted by Crippen LogP contribution is 2.35. The third kappa shape index (κ3) is 5.96. The Kier molecular flexibility index (Phi) is 8.93. The standard InChI is InChI=1S/C23H32O10/c1-2-3-4-5-6-7-10-30-21-14-9-8-13(11-15(14)32-22(29)20(21)28)31-23-19(27)18(26)17(25)16(12-24)33-23/h8-9,11,16-19,23-28H,2-7,10,12H2,1H3/t16-,17-,18+,19+,23-/m1/s1. The van der Waals surface area contributed by atoms with Crippen LogP contribution in [0.5, 0.6) is 17.2 Å². The summed E-state index contributed by atoms with van der Waals surface area (Å²) in [4.78, 5) is 12.1. The van der Waals surface area contributed by atoms with Gasteiger partial charge in [-0.05, 0) is 18.6 Å². The summed E-state index contributed by atoms with van der Waals surface area (Å²) in [7, 11) is 0. The predicted octanol–water partition coefficient (Wildman–Crippen LogP) is 1.42. The van der Waals surface area contributed by atoms with Gasteiger partial charge in [0.15, 0.2) is 5.75 Å². The Bertz CT molecular complexity index is 956. The number of ether oxygens (including phenoxy) is 3. The van der Waals surface area contributed by atoms with Crippen LogP contribution in [0.2, 0.25) is 0 Å². The summed E-state index contributed by atoms with van der Waals surface area (Å²) in [5.41, 5.74) is -0.886. The normalized spacial score (nSPS) is 25.3. The van der Waals surface area contributed by atoms with Crippen molar-refractivity contribution in [2.24, 2.45) is 0 Å². The van der Waals surface area contributed by atoms with Crippen LogP contribution in [0.3, 0.4) is 0 Å². The minimum Gasteiger partial charge on any atom is -0.499 e. The number of unbranched alkanes of at least 4 members (excludes halogenated alkanes) is 5. The minimum atomic E-state index is -1.58. The van der Waals surface area contributed by atoms with Crippen LogP contribution in [-0.4, -0.2) is 69.5 Å². The molecule has 10 heteroatoms. The first-order chi connectivity index (χ1) is 15.9. The second-order valence-electron chi connectivity index (χ2n) is 8.16. The first-order valence-corrected chi connectivity index (χ1v) is 11.3. The van der Waals surface area contributed by atoms with E-state index in [2.05, 4.69) is 6.92 Å². The molecule has 1 aliphatic heterocycles. The molecule has 1 aromatic carbocycles. The summed E-state index contributed by atoms with van der Waals surface area (Å²) in [5, 5.41) is 49.7. The van der Waals surface area contributed by atoms with Crippen LogP contribution in [0.4, 0.5) is 0 Å². The maximum absolute atomic E-state index is 12.1. The van der Waals surface area contributed by atoms with E-state index in [0.717, 1.165) is 32.1 Å². The Balaban J connectivity index is 1.73. The molecule has 1 aromatic heterocycles. The van der Waals surface area contributed by atoms with Gasteiger partial charge in [-0.2, -0.15) is 0 Å². The van der Waals surface area contributed by atoms with Gasteiger partial charge >= 0.3 is 5.63 Å². The van der Waals surface area contributed by atoms with Crippen LogP contribution in [0.25, 0.3) is 11.0 Å². The van der Waals surface area contributed by atoms with Crippen molar-refractivity contribution >= 4 is 11.0 Å². The summed E-state index contributed by atoms with van der Waals surface area (Å²) < 4.78 is 21.7. The molecular weight excluding hydrogens is 436 g/mol. The fraction of sp³-hybridized carbons (Fsp3) is 0.609. The molecule has 10 nitrogen and oxygen atoms in total. The van der Waals surface area contributed by atoms with Gasteiger partial charge in [0.1, 0.15) is 35.7 Å². The number of aliphatic hydroxyl groups is 4. The largest absolute Gasteiger partial charge is 0.499 e. The second kappa shape index (κ2) is 11.7. The molecule has 5 N–H and O–H groups in total. The molecule has 2 aromatic rings. The molecule has 0 unspecified atom stereocenters. The molecule has 0 spiro atoms. The van der Waals surface area contributed by atoms with Gasteiger partial charge < -0.3 is 44.2 Å². The zero-order chi connectivity index (χ0) is 24.0. The molecule has 2 heterocycles. The second-order valence-corrected chi connectivity index (χ2v) is 8.16. The summed E-state index contributed by atoms with van der Waals surface area (Å²) in [6.07, 6.45) is -0.793. The van der Waals surface area contributed by atoms with Gasteiger partial charge in [-0.15, -0.1) is 0 Å². The van der Waals surface area contributed by atoms with Crippen LogP contribution < -0.4 is 15.1 Å². The number of aliphatic hydroxyl groups excluding tert-OH is 4. The van der Waals surface area contributed by atoms with Crippen LogP contribution in [0, 0.1) is 0 Å². The SMILES string of the molecule is CCCCCCCCOc1c(O)c(=O)oc2cc(O[C@@H]3O[C@H](CO)[C@@H](O)[C@H](O)[C@@H]3O)ccc12. The highest BCUT2D eigenvalue weighted by Gasteiger charge is 2.44. The lowest BCUT2D eigenvalue weighted by Crippen LogP contribution is -2.60. The predicted molar refractivity (Wildman–Crippen MR) is 117 cm³/mol. The fourth-order valence-corrected chi connectivity index (χ4v) is 3.72. The Labute approximate surface area is 190 Å². The van der Waals surface area contributed by atoms with E-state index in [1.807, 2.05) is 0 Å². The topological polar surface area (TPSA) is 159 Å². The van der Waals surface area contributed by atoms with Crippen molar-refractivity contribution in [1.29, 1.82) is 0 Å². The third-order valence-corrected chi connectivity index (χ3v) is 5.65. The Morgan fingerprint density at radius 2 is 1.73 bits per heavy atom. The summed E-state index contributed by atoms with van der Waals surface area (Å²) in [6.45, 7) is 1.90. The monoisotopic (exact) mass is 468 g/mol. The van der Waals surface area contributed by atoms with E-state index in [4.69, 9.17) is 18.6 Å². The molecule has 0 radical (unpaired) electrons. The van der Waals surface area contributed by atoms with Gasteiger partial charge in [-0.25, -0.2) is 4.79 Å². The summed E-state index contributed by atoms with van der Waals surface area (Å²) in [5.74, 6) is -0.465. The van der Waals surface area contributed by atoms with E-state index in [1.165, 1.54) is 24.6 Å². The summed E-state index contributed by atoms with van der Waals surface area (Å²) >= 11 is 0. The fourth-order valence-electron chi connectivity index (χ4n) is 3.72. The van der Waals surface area contributed by atoms with Gasteiger partial charge in [-0.1, -0.05) is 39.0 Å². The van der Waals surface area contributed by atoms with Gasteiger partial charge in [-0.3, -0.25) is 0 Å². The van der Waals surface area contributed by atoms with E-state index in [0.29, 0.717) is 12.0 Å². The van der Waals surface area contributed by atoms with E-state index < -0.39 is 48.7 Å². The van der Waals surface area contributed by atoms with Crippen LogP contribution >= 0.6 is 0 Å². The maximum Gasteiger partial charge on any atom is 0.382 e. The third-order valence-electron chi connectivity index (χ3n) is 5.65. The highest BCUT2D eigenvalue weighted by molar-refractivity contribution is 5.86. The number of hydrogen-bond donors (Lipinski definition) is 5. The minimum absolute atomic E-state index is 0.0224. The number of aromatic hydroxyl groups is 1. The quantitative estimate of drug-likeness (QED) is 0.241. The van der Waals surface area contributed by atoms with Crippen molar-refractivity contribution in [3.05, 3.63) is 28.6 Å². The van der Waals surface area contributed by atoms with Crippen molar-refractivity contribution in [3.8, 4) is 17.2 Å². The number of fused-ring (bicyclic) bond motifs is 1. The van der Waals surface area contributed by atoms with Gasteiger partial charge in [0, 0.05) is 6.07 Å². The van der Waals surface area contributed by atoms with Crippen molar-refractivity contribution in [3.63, 3.8) is 0 Å². The average molecular weight is 468 g/mol. The van der Waals surface area contributed by atoms with E-state index >= 15 is 0 Å². The van der Waals surface area contributed by atoms with Gasteiger partial charge in [0.05, 0.1) is 18.6 Å². The van der Waals surface area contributed by atoms with Crippen LogP contribution in [0.15, 0.2) is 27.4 Å². The Morgan fingerprint density at radius 3 is 2.45 bits per heavy atom. The van der Waals surface area contributed by atoms with Crippen molar-refractivity contribution in [1.82, 2.24) is 0 Å². The van der Waals surface area contributed by atoms with E-state index in [1.54, 1.807) is 0 Å². The lowest BCUT2D eigenvalue weighted by Gasteiger charge is -2.39. The molecule has 1 aliphatic rings. The highest BCUT2D eigenvalue weighted by atomic mass is 16.7. The molecule has 5 atom stereocenters.